The number of hydrogen-bond donors (Lipinski definition) is 1. The molecule has 1 aliphatic carbocycles. The molecule has 1 amide bonds. The SMILES string of the molecule is CCC(Br)CCNC(=O)C1CCCC1. The van der Waals surface area contributed by atoms with Gasteiger partial charge in [-0.1, -0.05) is 35.7 Å². The Morgan fingerprint density at radius 2 is 2.14 bits per heavy atom. The van der Waals surface area contributed by atoms with Crippen LogP contribution in [0.25, 0.3) is 0 Å². The highest BCUT2D eigenvalue weighted by Gasteiger charge is 2.21. The minimum atomic E-state index is 0.276. The van der Waals surface area contributed by atoms with Crippen molar-refractivity contribution in [2.24, 2.45) is 5.92 Å². The van der Waals surface area contributed by atoms with Crippen molar-refractivity contribution in [3.63, 3.8) is 0 Å². The minimum Gasteiger partial charge on any atom is -0.356 e. The van der Waals surface area contributed by atoms with E-state index >= 15 is 0 Å². The van der Waals surface area contributed by atoms with Gasteiger partial charge in [0, 0.05) is 17.3 Å². The predicted octanol–water partition coefficient (Wildman–Crippen LogP) is 2.86. The second-order valence-corrected chi connectivity index (χ2v) is 5.36. The van der Waals surface area contributed by atoms with E-state index in [1.165, 1.54) is 12.8 Å². The zero-order valence-corrected chi connectivity index (χ0v) is 10.5. The van der Waals surface area contributed by atoms with Crippen LogP contribution >= 0.6 is 15.9 Å². The highest BCUT2D eigenvalue weighted by atomic mass is 79.9. The summed E-state index contributed by atoms with van der Waals surface area (Å²) in [6, 6.07) is 0. The molecule has 0 radical (unpaired) electrons. The molecule has 1 saturated carbocycles. The molecule has 0 aromatic rings. The van der Waals surface area contributed by atoms with Gasteiger partial charge < -0.3 is 5.32 Å². The van der Waals surface area contributed by atoms with Gasteiger partial charge in [-0.05, 0) is 25.7 Å². The fraction of sp³-hybridized carbons (Fsp3) is 0.909. The Kier molecular flexibility index (Phi) is 5.53. The molecule has 2 nitrogen and oxygen atoms in total. The zero-order valence-electron chi connectivity index (χ0n) is 8.89. The fourth-order valence-corrected chi connectivity index (χ4v) is 2.12. The van der Waals surface area contributed by atoms with Crippen molar-refractivity contribution in [2.75, 3.05) is 6.54 Å². The molecule has 0 bridgehead atoms. The van der Waals surface area contributed by atoms with E-state index in [2.05, 4.69) is 28.2 Å². The molecule has 1 unspecified atom stereocenters. The molecule has 0 aromatic carbocycles. The number of carbonyl (C=O) groups is 1. The summed E-state index contributed by atoms with van der Waals surface area (Å²) < 4.78 is 0. The molecule has 1 aliphatic rings. The molecule has 1 atom stereocenters. The Balaban J connectivity index is 2.08. The van der Waals surface area contributed by atoms with Crippen molar-refractivity contribution < 1.29 is 4.79 Å². The molecule has 0 aromatic heterocycles. The van der Waals surface area contributed by atoms with E-state index in [1.54, 1.807) is 0 Å². The quantitative estimate of drug-likeness (QED) is 0.758. The summed E-state index contributed by atoms with van der Waals surface area (Å²) in [7, 11) is 0. The average molecular weight is 262 g/mol. The van der Waals surface area contributed by atoms with Crippen LogP contribution in [0.5, 0.6) is 0 Å². The normalized spacial score (nSPS) is 19.6. The van der Waals surface area contributed by atoms with E-state index in [0.717, 1.165) is 32.2 Å². The number of carbonyl (C=O) groups excluding carboxylic acids is 1. The van der Waals surface area contributed by atoms with Crippen LogP contribution in [0, 0.1) is 5.92 Å². The van der Waals surface area contributed by atoms with Crippen LogP contribution in [0.15, 0.2) is 0 Å². The molecule has 1 N–H and O–H groups in total. The molecule has 1 fully saturated rings. The molecule has 3 heteroatoms. The summed E-state index contributed by atoms with van der Waals surface area (Å²) in [5, 5.41) is 3.02. The molecule has 0 aliphatic heterocycles. The third-order valence-corrected chi connectivity index (χ3v) is 4.03. The second-order valence-electron chi connectivity index (χ2n) is 4.07. The third kappa shape index (κ3) is 3.99. The van der Waals surface area contributed by atoms with Gasteiger partial charge >= 0.3 is 0 Å². The number of hydrogen-bond acceptors (Lipinski definition) is 1. The Morgan fingerprint density at radius 1 is 1.50 bits per heavy atom. The van der Waals surface area contributed by atoms with E-state index in [4.69, 9.17) is 0 Å². The second kappa shape index (κ2) is 6.44. The summed E-state index contributed by atoms with van der Waals surface area (Å²) in [4.78, 5) is 12.1. The lowest BCUT2D eigenvalue weighted by Gasteiger charge is -2.11. The molecule has 82 valence electrons. The molecule has 0 spiro atoms. The fourth-order valence-electron chi connectivity index (χ4n) is 1.89. The highest BCUT2D eigenvalue weighted by Crippen LogP contribution is 2.24. The molecule has 1 rings (SSSR count). The van der Waals surface area contributed by atoms with Crippen LogP contribution in [-0.2, 0) is 4.79 Å². The van der Waals surface area contributed by atoms with E-state index in [9.17, 15) is 4.79 Å². The van der Waals surface area contributed by atoms with E-state index < -0.39 is 0 Å². The number of rotatable bonds is 5. The van der Waals surface area contributed by atoms with Gasteiger partial charge in [-0.2, -0.15) is 0 Å². The van der Waals surface area contributed by atoms with Gasteiger partial charge in [-0.25, -0.2) is 0 Å². The Labute approximate surface area is 95.0 Å². The first-order valence-corrected chi connectivity index (χ1v) is 6.57. The van der Waals surface area contributed by atoms with Crippen LogP contribution in [-0.4, -0.2) is 17.3 Å². The smallest absolute Gasteiger partial charge is 0.223 e. The van der Waals surface area contributed by atoms with Crippen molar-refractivity contribution in [3.8, 4) is 0 Å². The van der Waals surface area contributed by atoms with Gasteiger partial charge in [0.05, 0.1) is 0 Å². The topological polar surface area (TPSA) is 29.1 Å². The van der Waals surface area contributed by atoms with Gasteiger partial charge in [-0.3, -0.25) is 4.79 Å². The number of amides is 1. The van der Waals surface area contributed by atoms with Gasteiger partial charge in [0.2, 0.25) is 5.91 Å². The van der Waals surface area contributed by atoms with Gasteiger partial charge in [0.1, 0.15) is 0 Å². The van der Waals surface area contributed by atoms with Crippen LogP contribution in [0.4, 0.5) is 0 Å². The van der Waals surface area contributed by atoms with Crippen molar-refractivity contribution >= 4 is 21.8 Å². The summed E-state index contributed by atoms with van der Waals surface area (Å²) in [6.45, 7) is 2.97. The maximum atomic E-state index is 11.6. The van der Waals surface area contributed by atoms with Gasteiger partial charge in [0.15, 0.2) is 0 Å². The maximum Gasteiger partial charge on any atom is 0.223 e. The third-order valence-electron chi connectivity index (χ3n) is 2.93. The van der Waals surface area contributed by atoms with E-state index in [1.807, 2.05) is 0 Å². The molecule has 14 heavy (non-hydrogen) atoms. The largest absolute Gasteiger partial charge is 0.356 e. The number of halogens is 1. The Bertz CT molecular complexity index is 178. The number of nitrogens with one attached hydrogen (secondary N) is 1. The standard InChI is InChI=1S/C11H20BrNO/c1-2-10(12)7-8-13-11(14)9-5-3-4-6-9/h9-10H,2-8H2,1H3,(H,13,14). The summed E-state index contributed by atoms with van der Waals surface area (Å²) in [5.41, 5.74) is 0. The van der Waals surface area contributed by atoms with Crippen LogP contribution < -0.4 is 5.32 Å². The lowest BCUT2D eigenvalue weighted by atomic mass is 10.1. The van der Waals surface area contributed by atoms with Crippen molar-refractivity contribution in [3.05, 3.63) is 0 Å². The van der Waals surface area contributed by atoms with Crippen LogP contribution in [0.3, 0.4) is 0 Å². The molecular formula is C11H20BrNO. The lowest BCUT2D eigenvalue weighted by molar-refractivity contribution is -0.124. The Hall–Kier alpha value is -0.0500. The highest BCUT2D eigenvalue weighted by molar-refractivity contribution is 9.09. The Morgan fingerprint density at radius 3 is 2.71 bits per heavy atom. The van der Waals surface area contributed by atoms with Crippen molar-refractivity contribution in [1.29, 1.82) is 0 Å². The zero-order chi connectivity index (χ0) is 10.4. The van der Waals surface area contributed by atoms with Crippen LogP contribution in [0.2, 0.25) is 0 Å². The van der Waals surface area contributed by atoms with E-state index in [-0.39, 0.29) is 5.91 Å². The first-order chi connectivity index (χ1) is 6.74. The molecule has 0 saturated heterocycles. The summed E-state index contributed by atoms with van der Waals surface area (Å²) >= 11 is 3.56. The van der Waals surface area contributed by atoms with E-state index in [0.29, 0.717) is 10.7 Å². The summed E-state index contributed by atoms with van der Waals surface area (Å²) in [6.07, 6.45) is 6.81. The monoisotopic (exact) mass is 261 g/mol. The molecule has 0 heterocycles. The summed E-state index contributed by atoms with van der Waals surface area (Å²) in [5.74, 6) is 0.587. The van der Waals surface area contributed by atoms with Crippen molar-refractivity contribution in [1.82, 2.24) is 5.32 Å². The lowest BCUT2D eigenvalue weighted by Crippen LogP contribution is -2.31. The number of alkyl halides is 1. The predicted molar refractivity (Wildman–Crippen MR) is 62.6 cm³/mol. The van der Waals surface area contributed by atoms with Crippen LogP contribution in [0.1, 0.15) is 45.4 Å². The minimum absolute atomic E-state index is 0.276. The first kappa shape index (κ1) is 12.0. The van der Waals surface area contributed by atoms with Gasteiger partial charge in [-0.15, -0.1) is 0 Å². The first-order valence-electron chi connectivity index (χ1n) is 5.65. The molecular weight excluding hydrogens is 242 g/mol. The average Bonchev–Trinajstić information content (AvgIpc) is 2.70. The van der Waals surface area contributed by atoms with Crippen molar-refractivity contribution in [2.45, 2.75) is 50.3 Å². The maximum absolute atomic E-state index is 11.6. The van der Waals surface area contributed by atoms with Gasteiger partial charge in [0.25, 0.3) is 0 Å².